The Balaban J connectivity index is 1.99. The molecule has 1 amide bonds. The molecule has 0 aliphatic carbocycles. The van der Waals surface area contributed by atoms with E-state index >= 15 is 0 Å². The van der Waals surface area contributed by atoms with E-state index in [9.17, 15) is 23.2 Å². The molecule has 3 heterocycles. The lowest BCUT2D eigenvalue weighted by Crippen LogP contribution is -2.41. The first kappa shape index (κ1) is 19.4. The third-order valence-corrected chi connectivity index (χ3v) is 5.82. The number of hydrogen-bond acceptors (Lipinski definition) is 5. The number of carbonyl (C=O) groups is 2. The van der Waals surface area contributed by atoms with E-state index in [1.807, 2.05) is 0 Å². The summed E-state index contributed by atoms with van der Waals surface area (Å²) in [6.07, 6.45) is -0.339. The predicted molar refractivity (Wildman–Crippen MR) is 95.7 cm³/mol. The first-order valence-corrected chi connectivity index (χ1v) is 9.46. The maximum Gasteiger partial charge on any atom is 0.326 e. The van der Waals surface area contributed by atoms with Gasteiger partial charge in [-0.1, -0.05) is 6.42 Å². The average molecular weight is 399 g/mol. The van der Waals surface area contributed by atoms with Crippen LogP contribution in [0.1, 0.15) is 46.7 Å². The number of carbonyl (C=O) groups excluding carboxylic acids is 1. The number of aryl methyl sites for hydroxylation is 2. The highest BCUT2D eigenvalue weighted by molar-refractivity contribution is 7.20. The highest BCUT2D eigenvalue weighted by Gasteiger charge is 2.27. The Labute approximate surface area is 157 Å². The summed E-state index contributed by atoms with van der Waals surface area (Å²) in [5.41, 5.74) is 0.179. The first-order chi connectivity index (χ1) is 12.8. The van der Waals surface area contributed by atoms with Gasteiger partial charge in [0.2, 0.25) is 6.43 Å². The van der Waals surface area contributed by atoms with Gasteiger partial charge in [0.25, 0.3) is 11.5 Å². The molecular weight excluding hydrogens is 380 g/mol. The normalized spacial score (nSPS) is 15.4. The van der Waals surface area contributed by atoms with E-state index < -0.39 is 30.8 Å². The van der Waals surface area contributed by atoms with Crippen molar-refractivity contribution in [1.82, 2.24) is 14.9 Å². The van der Waals surface area contributed by atoms with Gasteiger partial charge in [-0.2, -0.15) is 0 Å². The van der Waals surface area contributed by atoms with Crippen molar-refractivity contribution >= 4 is 33.4 Å². The Morgan fingerprint density at radius 2 is 2.07 bits per heavy atom. The maximum atomic E-state index is 12.9. The zero-order valence-corrected chi connectivity index (χ0v) is 15.4. The number of halogens is 2. The van der Waals surface area contributed by atoms with Crippen LogP contribution in [-0.4, -0.2) is 39.0 Å². The van der Waals surface area contributed by atoms with E-state index in [-0.39, 0.29) is 10.4 Å². The maximum absolute atomic E-state index is 12.9. The molecule has 2 aromatic heterocycles. The molecular formula is C17H19F2N3O4S. The fourth-order valence-corrected chi connectivity index (χ4v) is 4.34. The number of carboxylic acid groups (broad SMARTS) is 1. The second-order valence-corrected chi connectivity index (χ2v) is 7.52. The molecule has 7 nitrogen and oxygen atoms in total. The Kier molecular flexibility index (Phi) is 5.54. The van der Waals surface area contributed by atoms with Gasteiger partial charge >= 0.3 is 5.97 Å². The summed E-state index contributed by atoms with van der Waals surface area (Å²) in [6.45, 7) is 2.16. The molecule has 27 heavy (non-hydrogen) atoms. The lowest BCUT2D eigenvalue weighted by molar-refractivity contribution is -0.140. The number of amides is 1. The highest BCUT2D eigenvalue weighted by Crippen LogP contribution is 2.28. The fraction of sp³-hybridized carbons (Fsp3) is 0.529. The third-order valence-electron chi connectivity index (χ3n) is 4.64. The molecule has 0 saturated carbocycles. The minimum atomic E-state index is -2.86. The smallest absolute Gasteiger partial charge is 0.326 e. The molecule has 3 rings (SSSR count). The van der Waals surface area contributed by atoms with Gasteiger partial charge < -0.3 is 10.4 Å². The second-order valence-electron chi connectivity index (χ2n) is 6.52. The summed E-state index contributed by atoms with van der Waals surface area (Å²) in [7, 11) is 0. The minimum Gasteiger partial charge on any atom is -0.480 e. The summed E-state index contributed by atoms with van der Waals surface area (Å²) >= 11 is 0.981. The molecule has 2 N–H and O–H groups in total. The molecule has 1 aliphatic rings. The van der Waals surface area contributed by atoms with Crippen molar-refractivity contribution in [3.63, 3.8) is 0 Å². The van der Waals surface area contributed by atoms with Crippen LogP contribution in [0.3, 0.4) is 0 Å². The molecule has 0 spiro atoms. The van der Waals surface area contributed by atoms with Gasteiger partial charge in [-0.25, -0.2) is 18.6 Å². The number of aliphatic carboxylic acids is 1. The lowest BCUT2D eigenvalue weighted by Gasteiger charge is -2.13. The summed E-state index contributed by atoms with van der Waals surface area (Å²) in [5, 5.41) is 11.5. The number of thiophene rings is 1. The molecule has 0 aromatic carbocycles. The van der Waals surface area contributed by atoms with Crippen LogP contribution in [0.25, 0.3) is 10.2 Å². The lowest BCUT2D eigenvalue weighted by atomic mass is 10.1. The van der Waals surface area contributed by atoms with Crippen LogP contribution >= 0.6 is 11.3 Å². The zero-order valence-electron chi connectivity index (χ0n) is 14.6. The quantitative estimate of drug-likeness (QED) is 0.804. The Morgan fingerprint density at radius 1 is 1.33 bits per heavy atom. The van der Waals surface area contributed by atoms with Crippen molar-refractivity contribution < 1.29 is 23.5 Å². The average Bonchev–Trinajstić information content (AvgIpc) is 2.77. The largest absolute Gasteiger partial charge is 0.480 e. The molecule has 1 atom stereocenters. The third kappa shape index (κ3) is 3.85. The van der Waals surface area contributed by atoms with Crippen molar-refractivity contribution in [2.45, 2.75) is 58.0 Å². The molecule has 10 heteroatoms. The number of nitrogens with zero attached hydrogens (tertiary/aromatic N) is 2. The van der Waals surface area contributed by atoms with Gasteiger partial charge in [0.05, 0.1) is 10.3 Å². The Morgan fingerprint density at radius 3 is 2.74 bits per heavy atom. The Hall–Kier alpha value is -2.36. The van der Waals surface area contributed by atoms with Gasteiger partial charge in [0.15, 0.2) is 0 Å². The van der Waals surface area contributed by atoms with Crippen LogP contribution in [0, 0.1) is 6.92 Å². The van der Waals surface area contributed by atoms with Crippen LogP contribution in [0.5, 0.6) is 0 Å². The van der Waals surface area contributed by atoms with E-state index in [0.29, 0.717) is 34.6 Å². The predicted octanol–water partition coefficient (Wildman–Crippen LogP) is 2.33. The molecule has 0 saturated heterocycles. The molecule has 0 radical (unpaired) electrons. The first-order valence-electron chi connectivity index (χ1n) is 8.64. The minimum absolute atomic E-state index is 0.121. The van der Waals surface area contributed by atoms with Crippen molar-refractivity contribution in [3.05, 3.63) is 26.6 Å². The number of rotatable bonds is 5. The standard InChI is InChI=1S/C17H19F2N3O4S/c1-8-12-15(21-11-5-3-2-4-6-22(11)16(12)24)27-13(8)14(23)20-9(17(25)26)7-10(18)19/h9-10H,2-7H2,1H3,(H,20,23)(H,25,26). The highest BCUT2D eigenvalue weighted by atomic mass is 32.1. The number of hydrogen-bond donors (Lipinski definition) is 2. The number of carboxylic acids is 1. The van der Waals surface area contributed by atoms with Crippen LogP contribution in [-0.2, 0) is 17.8 Å². The van der Waals surface area contributed by atoms with Crippen LogP contribution < -0.4 is 10.9 Å². The van der Waals surface area contributed by atoms with E-state index in [2.05, 4.69) is 10.3 Å². The van der Waals surface area contributed by atoms with Crippen molar-refractivity contribution in [2.24, 2.45) is 0 Å². The monoisotopic (exact) mass is 399 g/mol. The summed E-state index contributed by atoms with van der Waals surface area (Å²) in [6, 6.07) is -1.70. The van der Waals surface area contributed by atoms with Gasteiger partial charge in [-0.15, -0.1) is 11.3 Å². The number of aromatic nitrogens is 2. The molecule has 0 fully saturated rings. The van der Waals surface area contributed by atoms with Crippen molar-refractivity contribution in [2.75, 3.05) is 0 Å². The molecule has 1 unspecified atom stereocenters. The summed E-state index contributed by atoms with van der Waals surface area (Å²) < 4.78 is 26.7. The van der Waals surface area contributed by atoms with E-state index in [0.717, 1.165) is 30.6 Å². The van der Waals surface area contributed by atoms with Crippen molar-refractivity contribution in [3.8, 4) is 0 Å². The fourth-order valence-electron chi connectivity index (χ4n) is 3.25. The number of nitrogens with one attached hydrogen (secondary N) is 1. The second kappa shape index (κ2) is 7.71. The Bertz CT molecular complexity index is 954. The molecule has 1 aliphatic heterocycles. The SMILES string of the molecule is Cc1c(C(=O)NC(CC(F)F)C(=O)O)sc2nc3n(c(=O)c12)CCCCC3. The van der Waals surface area contributed by atoms with Gasteiger partial charge in [0, 0.05) is 19.4 Å². The van der Waals surface area contributed by atoms with Gasteiger partial charge in [-0.05, 0) is 25.3 Å². The van der Waals surface area contributed by atoms with Crippen LogP contribution in [0.15, 0.2) is 4.79 Å². The van der Waals surface area contributed by atoms with Crippen LogP contribution in [0.4, 0.5) is 8.78 Å². The van der Waals surface area contributed by atoms with Gasteiger partial charge in [0.1, 0.15) is 16.7 Å². The molecule has 2 aromatic rings. The topological polar surface area (TPSA) is 101 Å². The summed E-state index contributed by atoms with van der Waals surface area (Å²) in [4.78, 5) is 41.5. The van der Waals surface area contributed by atoms with Gasteiger partial charge in [-0.3, -0.25) is 14.2 Å². The molecule has 146 valence electrons. The number of alkyl halides is 2. The molecule has 0 bridgehead atoms. The van der Waals surface area contributed by atoms with E-state index in [1.165, 1.54) is 0 Å². The summed E-state index contributed by atoms with van der Waals surface area (Å²) in [5.74, 6) is -1.64. The van der Waals surface area contributed by atoms with Crippen molar-refractivity contribution in [1.29, 1.82) is 0 Å². The van der Waals surface area contributed by atoms with Crippen LogP contribution in [0.2, 0.25) is 0 Å². The zero-order chi connectivity index (χ0) is 19.7. The van der Waals surface area contributed by atoms with E-state index in [4.69, 9.17) is 5.11 Å². The number of fused-ring (bicyclic) bond motifs is 2. The van der Waals surface area contributed by atoms with E-state index in [1.54, 1.807) is 11.5 Å².